The maximum atomic E-state index is 11.3. The summed E-state index contributed by atoms with van der Waals surface area (Å²) in [6.07, 6.45) is 0. The molecule has 1 aromatic rings. The number of nitrogens with one attached hydrogen (secondary N) is 1. The molecule has 2 unspecified atom stereocenters. The Bertz CT molecular complexity index is 363. The minimum atomic E-state index is -0.187. The van der Waals surface area contributed by atoms with Crippen molar-refractivity contribution in [3.8, 4) is 0 Å². The number of carbonyl (C=O) groups is 1. The molecule has 0 aliphatic carbocycles. The molecule has 0 aromatic heterocycles. The molecule has 0 spiro atoms. The number of aryl methyl sites for hydroxylation is 1. The molecule has 0 heterocycles. The van der Waals surface area contributed by atoms with Gasteiger partial charge in [0.25, 0.3) is 0 Å². The predicted octanol–water partition coefficient (Wildman–Crippen LogP) is 2.60. The molecule has 0 aliphatic heterocycles. The van der Waals surface area contributed by atoms with E-state index in [2.05, 4.69) is 11.4 Å². The quantitative estimate of drug-likeness (QED) is 0.794. The first-order chi connectivity index (χ1) is 7.54. The van der Waals surface area contributed by atoms with Crippen molar-refractivity contribution in [2.24, 2.45) is 5.92 Å². The summed E-state index contributed by atoms with van der Waals surface area (Å²) in [6, 6.07) is 8.13. The lowest BCUT2D eigenvalue weighted by atomic mass is 10.0. The highest BCUT2D eigenvalue weighted by molar-refractivity contribution is 5.73. The molecule has 0 bridgehead atoms. The Hall–Kier alpha value is -1.51. The van der Waals surface area contributed by atoms with Gasteiger partial charge in [0, 0.05) is 11.7 Å². The zero-order chi connectivity index (χ0) is 12.1. The van der Waals surface area contributed by atoms with Crippen LogP contribution in [0.2, 0.25) is 0 Å². The largest absolute Gasteiger partial charge is 0.469 e. The van der Waals surface area contributed by atoms with Crippen LogP contribution in [0.3, 0.4) is 0 Å². The molecule has 1 rings (SSSR count). The minimum Gasteiger partial charge on any atom is -0.469 e. The maximum Gasteiger partial charge on any atom is 0.310 e. The summed E-state index contributed by atoms with van der Waals surface area (Å²) in [7, 11) is 1.41. The van der Waals surface area contributed by atoms with Crippen molar-refractivity contribution in [2.75, 3.05) is 12.4 Å². The van der Waals surface area contributed by atoms with Crippen LogP contribution in [0.15, 0.2) is 24.3 Å². The van der Waals surface area contributed by atoms with Gasteiger partial charge in [-0.15, -0.1) is 0 Å². The number of esters is 1. The van der Waals surface area contributed by atoms with Crippen LogP contribution in [0.5, 0.6) is 0 Å². The van der Waals surface area contributed by atoms with Gasteiger partial charge in [0.1, 0.15) is 0 Å². The van der Waals surface area contributed by atoms with Crippen LogP contribution in [0.4, 0.5) is 5.69 Å². The summed E-state index contributed by atoms with van der Waals surface area (Å²) >= 11 is 0. The van der Waals surface area contributed by atoms with E-state index < -0.39 is 0 Å². The van der Waals surface area contributed by atoms with Crippen molar-refractivity contribution >= 4 is 11.7 Å². The number of rotatable bonds is 4. The highest BCUT2D eigenvalue weighted by atomic mass is 16.5. The molecule has 2 atom stereocenters. The average molecular weight is 221 g/mol. The second kappa shape index (κ2) is 5.54. The van der Waals surface area contributed by atoms with Gasteiger partial charge in [-0.25, -0.2) is 0 Å². The van der Waals surface area contributed by atoms with E-state index >= 15 is 0 Å². The third-order valence-corrected chi connectivity index (χ3v) is 2.74. The Kier molecular flexibility index (Phi) is 4.35. The lowest BCUT2D eigenvalue weighted by molar-refractivity contribution is -0.145. The molecule has 0 aliphatic rings. The van der Waals surface area contributed by atoms with E-state index in [4.69, 9.17) is 4.74 Å². The van der Waals surface area contributed by atoms with Crippen LogP contribution in [0, 0.1) is 12.8 Å². The van der Waals surface area contributed by atoms with Gasteiger partial charge in [-0.2, -0.15) is 0 Å². The highest BCUT2D eigenvalue weighted by Gasteiger charge is 2.20. The summed E-state index contributed by atoms with van der Waals surface area (Å²) in [5, 5.41) is 3.30. The standard InChI is InChI=1S/C13H19NO2/c1-9-6-5-7-12(8-9)14-11(3)10(2)13(15)16-4/h5-8,10-11,14H,1-4H3. The molecule has 0 fully saturated rings. The van der Waals surface area contributed by atoms with E-state index in [0.29, 0.717) is 0 Å². The van der Waals surface area contributed by atoms with Gasteiger partial charge in [-0.3, -0.25) is 4.79 Å². The van der Waals surface area contributed by atoms with E-state index in [1.54, 1.807) is 0 Å². The van der Waals surface area contributed by atoms with Crippen molar-refractivity contribution < 1.29 is 9.53 Å². The van der Waals surface area contributed by atoms with Crippen LogP contribution in [0.1, 0.15) is 19.4 Å². The first kappa shape index (κ1) is 12.6. The van der Waals surface area contributed by atoms with Crippen LogP contribution in [0.25, 0.3) is 0 Å². The number of methoxy groups -OCH3 is 1. The number of anilines is 1. The van der Waals surface area contributed by atoms with Gasteiger partial charge in [0.15, 0.2) is 0 Å². The van der Waals surface area contributed by atoms with Gasteiger partial charge in [0.05, 0.1) is 13.0 Å². The maximum absolute atomic E-state index is 11.3. The summed E-state index contributed by atoms with van der Waals surface area (Å²) in [6.45, 7) is 5.88. The summed E-state index contributed by atoms with van der Waals surface area (Å²) in [5.41, 5.74) is 2.23. The first-order valence-corrected chi connectivity index (χ1v) is 5.45. The zero-order valence-electron chi connectivity index (χ0n) is 10.3. The van der Waals surface area contributed by atoms with Crippen LogP contribution in [-0.4, -0.2) is 19.1 Å². The Morgan fingerprint density at radius 2 is 2.06 bits per heavy atom. The van der Waals surface area contributed by atoms with Crippen LogP contribution >= 0.6 is 0 Å². The fourth-order valence-corrected chi connectivity index (χ4v) is 1.51. The van der Waals surface area contributed by atoms with Crippen LogP contribution < -0.4 is 5.32 Å². The number of carbonyl (C=O) groups excluding carboxylic acids is 1. The Morgan fingerprint density at radius 1 is 1.38 bits per heavy atom. The van der Waals surface area contributed by atoms with E-state index in [0.717, 1.165) is 5.69 Å². The topological polar surface area (TPSA) is 38.3 Å². The van der Waals surface area contributed by atoms with Gasteiger partial charge in [-0.05, 0) is 38.5 Å². The molecule has 1 aromatic carbocycles. The van der Waals surface area contributed by atoms with E-state index in [9.17, 15) is 4.79 Å². The molecule has 0 saturated heterocycles. The van der Waals surface area contributed by atoms with Gasteiger partial charge < -0.3 is 10.1 Å². The molecular weight excluding hydrogens is 202 g/mol. The third kappa shape index (κ3) is 3.26. The fourth-order valence-electron chi connectivity index (χ4n) is 1.51. The van der Waals surface area contributed by atoms with Gasteiger partial charge in [-0.1, -0.05) is 12.1 Å². The summed E-state index contributed by atoms with van der Waals surface area (Å²) < 4.78 is 4.72. The number of ether oxygens (including phenoxy) is 1. The van der Waals surface area contributed by atoms with Crippen molar-refractivity contribution in [1.82, 2.24) is 0 Å². The lowest BCUT2D eigenvalue weighted by Gasteiger charge is -2.20. The molecule has 0 saturated carbocycles. The summed E-state index contributed by atoms with van der Waals surface area (Å²) in [4.78, 5) is 11.3. The van der Waals surface area contributed by atoms with Gasteiger partial charge in [0.2, 0.25) is 0 Å². The van der Waals surface area contributed by atoms with Gasteiger partial charge >= 0.3 is 5.97 Å². The second-order valence-electron chi connectivity index (χ2n) is 4.11. The average Bonchev–Trinajstić information content (AvgIpc) is 2.27. The second-order valence-corrected chi connectivity index (χ2v) is 4.11. The normalized spacial score (nSPS) is 14.0. The van der Waals surface area contributed by atoms with Crippen molar-refractivity contribution in [3.63, 3.8) is 0 Å². The predicted molar refractivity (Wildman–Crippen MR) is 65.4 cm³/mol. The SMILES string of the molecule is COC(=O)C(C)C(C)Nc1cccc(C)c1. The Labute approximate surface area is 96.8 Å². The highest BCUT2D eigenvalue weighted by Crippen LogP contribution is 2.15. The molecule has 3 nitrogen and oxygen atoms in total. The molecular formula is C13H19NO2. The summed E-state index contributed by atoms with van der Waals surface area (Å²) in [5.74, 6) is -0.349. The zero-order valence-corrected chi connectivity index (χ0v) is 10.3. The van der Waals surface area contributed by atoms with E-state index in [1.165, 1.54) is 12.7 Å². The number of benzene rings is 1. The van der Waals surface area contributed by atoms with E-state index in [-0.39, 0.29) is 17.9 Å². The molecule has 16 heavy (non-hydrogen) atoms. The number of hydrogen-bond donors (Lipinski definition) is 1. The molecule has 3 heteroatoms. The Balaban J connectivity index is 2.64. The van der Waals surface area contributed by atoms with Crippen molar-refractivity contribution in [1.29, 1.82) is 0 Å². The molecule has 1 N–H and O–H groups in total. The first-order valence-electron chi connectivity index (χ1n) is 5.45. The Morgan fingerprint density at radius 3 is 2.62 bits per heavy atom. The lowest BCUT2D eigenvalue weighted by Crippen LogP contribution is -2.30. The van der Waals surface area contributed by atoms with E-state index in [1.807, 2.05) is 39.0 Å². The smallest absolute Gasteiger partial charge is 0.310 e. The molecule has 0 radical (unpaired) electrons. The number of hydrogen-bond acceptors (Lipinski definition) is 3. The van der Waals surface area contributed by atoms with Crippen molar-refractivity contribution in [3.05, 3.63) is 29.8 Å². The van der Waals surface area contributed by atoms with Crippen LogP contribution in [-0.2, 0) is 9.53 Å². The molecule has 88 valence electrons. The third-order valence-electron chi connectivity index (χ3n) is 2.74. The fraction of sp³-hybridized carbons (Fsp3) is 0.462. The molecule has 0 amide bonds. The minimum absolute atomic E-state index is 0.0502. The monoisotopic (exact) mass is 221 g/mol. The van der Waals surface area contributed by atoms with Crippen molar-refractivity contribution in [2.45, 2.75) is 26.8 Å².